The Balaban J connectivity index is 1.82. The summed E-state index contributed by atoms with van der Waals surface area (Å²) in [7, 11) is 0. The Labute approximate surface area is 209 Å². The number of unbranched alkanes of at least 4 members (excludes halogenated alkanes) is 1. The number of halogens is 3. The first-order valence-corrected chi connectivity index (χ1v) is 12.6. The first-order valence-electron chi connectivity index (χ1n) is 12.6. The average Bonchev–Trinajstić information content (AvgIpc) is 3.65. The van der Waals surface area contributed by atoms with Gasteiger partial charge in [-0.15, -0.1) is 0 Å². The van der Waals surface area contributed by atoms with Gasteiger partial charge in [0, 0.05) is 35.7 Å². The third-order valence-corrected chi connectivity index (χ3v) is 6.85. The number of nitrogens with one attached hydrogen (secondary N) is 1. The first kappa shape index (κ1) is 25.9. The average molecular weight is 497 g/mol. The third kappa shape index (κ3) is 5.45. The first-order chi connectivity index (χ1) is 17.1. The largest absolute Gasteiger partial charge is 0.417 e. The summed E-state index contributed by atoms with van der Waals surface area (Å²) >= 11 is 0. The van der Waals surface area contributed by atoms with Crippen molar-refractivity contribution >= 4 is 22.6 Å². The van der Waals surface area contributed by atoms with Crippen LogP contribution in [0.1, 0.15) is 83.4 Å². The highest BCUT2D eigenvalue weighted by Gasteiger charge is 2.35. The van der Waals surface area contributed by atoms with Gasteiger partial charge < -0.3 is 5.32 Å². The number of fused-ring (bicyclic) bond motifs is 1. The Morgan fingerprint density at radius 2 is 1.83 bits per heavy atom. The Bertz CT molecular complexity index is 1310. The molecule has 190 valence electrons. The van der Waals surface area contributed by atoms with Gasteiger partial charge in [0.2, 0.25) is 0 Å². The van der Waals surface area contributed by atoms with Crippen molar-refractivity contribution in [3.05, 3.63) is 64.3 Å². The molecule has 1 aromatic heterocycles. The Morgan fingerprint density at radius 1 is 1.08 bits per heavy atom. The highest BCUT2D eigenvalue weighted by atomic mass is 19.4. The Hall–Kier alpha value is -3.22. The summed E-state index contributed by atoms with van der Waals surface area (Å²) in [4.78, 5) is 29.7. The lowest BCUT2D eigenvalue weighted by molar-refractivity contribution is -0.137. The van der Waals surface area contributed by atoms with E-state index in [1.165, 1.54) is 12.3 Å². The molecule has 4 rings (SSSR count). The molecule has 3 aromatic rings. The molecular formula is C29H31F3N2O2. The van der Waals surface area contributed by atoms with E-state index in [-0.39, 0.29) is 22.8 Å². The van der Waals surface area contributed by atoms with Crippen molar-refractivity contribution in [3.63, 3.8) is 0 Å². The minimum atomic E-state index is -4.60. The highest BCUT2D eigenvalue weighted by Crippen LogP contribution is 2.41. The molecule has 0 radical (unpaired) electrons. The second-order valence-corrected chi connectivity index (χ2v) is 9.63. The summed E-state index contributed by atoms with van der Waals surface area (Å²) in [6, 6.07) is 7.32. The SMILES string of the molecule is CCCCNC(=O)c1ccc(-c2cc3c(CC)c(C(=O)CC4CC4)cnc3cc2C(F)(F)F)cc1C. The zero-order valence-corrected chi connectivity index (χ0v) is 20.9. The summed E-state index contributed by atoms with van der Waals surface area (Å²) in [5, 5.41) is 3.41. The fraction of sp³-hybridized carbons (Fsp3) is 0.414. The molecule has 2 aromatic carbocycles. The van der Waals surface area contributed by atoms with Crippen LogP contribution in [-0.4, -0.2) is 23.2 Å². The molecule has 0 bridgehead atoms. The summed E-state index contributed by atoms with van der Waals surface area (Å²) in [5.41, 5.74) is 2.06. The molecule has 0 saturated heterocycles. The number of hydrogen-bond donors (Lipinski definition) is 1. The monoisotopic (exact) mass is 496 g/mol. The number of alkyl halides is 3. The minimum Gasteiger partial charge on any atom is -0.352 e. The van der Waals surface area contributed by atoms with Gasteiger partial charge in [-0.1, -0.05) is 32.4 Å². The van der Waals surface area contributed by atoms with Crippen LogP contribution in [0.3, 0.4) is 0 Å². The van der Waals surface area contributed by atoms with Gasteiger partial charge in [-0.2, -0.15) is 13.2 Å². The molecule has 1 N–H and O–H groups in total. The minimum absolute atomic E-state index is 0.000481. The van der Waals surface area contributed by atoms with Gasteiger partial charge >= 0.3 is 6.18 Å². The van der Waals surface area contributed by atoms with E-state index < -0.39 is 11.7 Å². The maximum atomic E-state index is 14.1. The number of Topliss-reactive ketones (excluding diaryl/α,β-unsaturated/α-hetero) is 1. The molecule has 1 aliphatic carbocycles. The van der Waals surface area contributed by atoms with Gasteiger partial charge in [0.15, 0.2) is 5.78 Å². The molecule has 4 nitrogen and oxygen atoms in total. The predicted molar refractivity (Wildman–Crippen MR) is 135 cm³/mol. The summed E-state index contributed by atoms with van der Waals surface area (Å²) < 4.78 is 42.4. The number of carbonyl (C=O) groups excluding carboxylic acids is 2. The topological polar surface area (TPSA) is 59.1 Å². The molecule has 36 heavy (non-hydrogen) atoms. The number of aryl methyl sites for hydroxylation is 2. The lowest BCUT2D eigenvalue weighted by atomic mass is 9.90. The van der Waals surface area contributed by atoms with E-state index in [1.807, 2.05) is 13.8 Å². The lowest BCUT2D eigenvalue weighted by Gasteiger charge is -2.18. The van der Waals surface area contributed by atoms with Gasteiger partial charge in [-0.3, -0.25) is 14.6 Å². The molecule has 0 aliphatic heterocycles. The molecule has 1 aliphatic rings. The van der Waals surface area contributed by atoms with Crippen LogP contribution in [0.4, 0.5) is 13.2 Å². The van der Waals surface area contributed by atoms with Crippen molar-refractivity contribution in [2.75, 3.05) is 6.54 Å². The van der Waals surface area contributed by atoms with E-state index >= 15 is 0 Å². The summed E-state index contributed by atoms with van der Waals surface area (Å²) in [5.74, 6) is 0.166. The quantitative estimate of drug-likeness (QED) is 0.250. The van der Waals surface area contributed by atoms with E-state index in [4.69, 9.17) is 0 Å². The number of amides is 1. The number of aromatic nitrogens is 1. The van der Waals surface area contributed by atoms with Crippen molar-refractivity contribution in [1.29, 1.82) is 0 Å². The number of hydrogen-bond acceptors (Lipinski definition) is 3. The van der Waals surface area contributed by atoms with Gasteiger partial charge in [-0.25, -0.2) is 0 Å². The molecule has 0 unspecified atom stereocenters. The molecular weight excluding hydrogens is 465 g/mol. The summed E-state index contributed by atoms with van der Waals surface area (Å²) in [6.45, 7) is 6.20. The van der Waals surface area contributed by atoms with Crippen LogP contribution in [0.25, 0.3) is 22.0 Å². The number of pyridine rings is 1. The van der Waals surface area contributed by atoms with Crippen molar-refractivity contribution in [2.24, 2.45) is 5.92 Å². The Kier molecular flexibility index (Phi) is 7.48. The second-order valence-electron chi connectivity index (χ2n) is 9.63. The van der Waals surface area contributed by atoms with E-state index in [0.29, 0.717) is 52.9 Å². The van der Waals surface area contributed by atoms with E-state index in [9.17, 15) is 22.8 Å². The van der Waals surface area contributed by atoms with Gasteiger partial charge in [-0.05, 0) is 79.0 Å². The van der Waals surface area contributed by atoms with Crippen LogP contribution >= 0.6 is 0 Å². The van der Waals surface area contributed by atoms with Gasteiger partial charge in [0.25, 0.3) is 5.91 Å². The maximum Gasteiger partial charge on any atom is 0.417 e. The van der Waals surface area contributed by atoms with Crippen LogP contribution < -0.4 is 5.32 Å². The van der Waals surface area contributed by atoms with Gasteiger partial charge in [0.05, 0.1) is 11.1 Å². The number of nitrogens with zero attached hydrogens (tertiary/aromatic N) is 1. The third-order valence-electron chi connectivity index (χ3n) is 6.85. The number of carbonyl (C=O) groups is 2. The predicted octanol–water partition coefficient (Wildman–Crippen LogP) is 7.30. The lowest BCUT2D eigenvalue weighted by Crippen LogP contribution is -2.25. The molecule has 7 heteroatoms. The van der Waals surface area contributed by atoms with Gasteiger partial charge in [0.1, 0.15) is 0 Å². The smallest absolute Gasteiger partial charge is 0.352 e. The number of benzene rings is 2. The fourth-order valence-electron chi connectivity index (χ4n) is 4.64. The maximum absolute atomic E-state index is 14.1. The molecule has 0 spiro atoms. The zero-order chi connectivity index (χ0) is 26.0. The molecule has 1 saturated carbocycles. The zero-order valence-electron chi connectivity index (χ0n) is 20.9. The van der Waals surface area contributed by atoms with Crippen LogP contribution in [0.2, 0.25) is 0 Å². The van der Waals surface area contributed by atoms with Crippen LogP contribution in [0, 0.1) is 12.8 Å². The molecule has 0 atom stereocenters. The molecule has 1 amide bonds. The van der Waals surface area contributed by atoms with Crippen LogP contribution in [-0.2, 0) is 12.6 Å². The van der Waals surface area contributed by atoms with E-state index in [0.717, 1.165) is 37.3 Å². The van der Waals surface area contributed by atoms with Crippen molar-refractivity contribution in [2.45, 2.75) is 65.5 Å². The normalized spacial score (nSPS) is 13.7. The standard InChI is InChI=1S/C29H31F3N2O2/c1-4-6-11-33-28(36)21-10-9-19(12-17(21)3)22-14-23-20(5-2)24(27(35)13-18-7-8-18)16-34-26(23)15-25(22)29(30,31)32/h9-10,12,14-16,18H,4-8,11,13H2,1-3H3,(H,33,36). The van der Waals surface area contributed by atoms with Crippen molar-refractivity contribution in [3.8, 4) is 11.1 Å². The highest BCUT2D eigenvalue weighted by molar-refractivity contribution is 6.03. The number of rotatable bonds is 9. The van der Waals surface area contributed by atoms with Crippen molar-refractivity contribution < 1.29 is 22.8 Å². The number of ketones is 1. The van der Waals surface area contributed by atoms with Crippen molar-refractivity contribution in [1.82, 2.24) is 10.3 Å². The molecule has 1 fully saturated rings. The van der Waals surface area contributed by atoms with E-state index in [1.54, 1.807) is 25.1 Å². The van der Waals surface area contributed by atoms with E-state index in [2.05, 4.69) is 10.3 Å². The van der Waals surface area contributed by atoms with Crippen LogP contribution in [0.15, 0.2) is 36.5 Å². The van der Waals surface area contributed by atoms with Crippen LogP contribution in [0.5, 0.6) is 0 Å². The molecule has 1 heterocycles. The Morgan fingerprint density at radius 3 is 2.44 bits per heavy atom. The fourth-order valence-corrected chi connectivity index (χ4v) is 4.64. The second kappa shape index (κ2) is 10.4. The summed E-state index contributed by atoms with van der Waals surface area (Å²) in [6.07, 6.45) is 1.68.